The molecule has 0 fully saturated rings. The minimum atomic E-state index is -1.98. The van der Waals surface area contributed by atoms with E-state index >= 15 is 0 Å². The van der Waals surface area contributed by atoms with E-state index in [1.54, 1.807) is 0 Å². The molecule has 34 heavy (non-hydrogen) atoms. The Morgan fingerprint density at radius 3 is 1.50 bits per heavy atom. The molecule has 12 nitrogen and oxygen atoms in total. The van der Waals surface area contributed by atoms with Crippen LogP contribution >= 0.6 is 0 Å². The molecule has 0 amide bonds. The number of phenols is 2. The number of carboxylic acids is 3. The van der Waals surface area contributed by atoms with Gasteiger partial charge in [0.15, 0.2) is 6.29 Å². The second-order valence-electron chi connectivity index (χ2n) is 7.44. The van der Waals surface area contributed by atoms with Crippen LogP contribution in [0, 0.1) is 0 Å². The van der Waals surface area contributed by atoms with E-state index in [-0.39, 0.29) is 35.7 Å². The highest BCUT2D eigenvalue weighted by Gasteiger charge is 2.34. The molecule has 7 N–H and O–H groups in total. The molecule has 0 spiro atoms. The number of aliphatic hydroxyl groups is 2. The molecule has 0 radical (unpaired) electrons. The maximum atomic E-state index is 12.1. The summed E-state index contributed by atoms with van der Waals surface area (Å²) in [6.45, 7) is -2.04. The van der Waals surface area contributed by atoms with Gasteiger partial charge in [-0.05, 0) is 12.1 Å². The monoisotopic (exact) mass is 478 g/mol. The quantitative estimate of drug-likeness (QED) is 0.191. The Hall–Kier alpha value is -3.71. The van der Waals surface area contributed by atoms with Gasteiger partial charge >= 0.3 is 17.9 Å². The average Bonchev–Trinajstić information content (AvgIpc) is 2.73. The van der Waals surface area contributed by atoms with E-state index in [1.807, 2.05) is 0 Å². The van der Waals surface area contributed by atoms with Crippen LogP contribution in [0.3, 0.4) is 0 Å². The standard InChI is InChI=1S/C22H26N2O10/c25-15-7-3-1-5-13(15)19(21(31)32)23(11-17(27)28)9-10-24(12-18(29)30)20(22(33)34)14-6-2-4-8-16(14)26/h1-8,17,19-20,25-28H,9-12H2,(H,29,30)(H,31,32)(H,33,34). The molecular formula is C22H26N2O10. The first-order chi connectivity index (χ1) is 16.0. The Morgan fingerprint density at radius 1 is 0.706 bits per heavy atom. The second kappa shape index (κ2) is 12.0. The normalized spacial score (nSPS) is 13.2. The molecular weight excluding hydrogens is 452 g/mol. The van der Waals surface area contributed by atoms with E-state index < -0.39 is 49.4 Å². The van der Waals surface area contributed by atoms with Crippen LogP contribution < -0.4 is 0 Å². The van der Waals surface area contributed by atoms with Crippen molar-refractivity contribution < 1.29 is 50.1 Å². The lowest BCUT2D eigenvalue weighted by Crippen LogP contribution is -2.46. The predicted molar refractivity (Wildman–Crippen MR) is 116 cm³/mol. The van der Waals surface area contributed by atoms with Crippen LogP contribution in [0.15, 0.2) is 48.5 Å². The van der Waals surface area contributed by atoms with Crippen molar-refractivity contribution in [1.82, 2.24) is 9.80 Å². The number of rotatable bonds is 13. The predicted octanol–water partition coefficient (Wildman–Crippen LogP) is 0.0487. The first kappa shape index (κ1) is 26.5. The van der Waals surface area contributed by atoms with Gasteiger partial charge in [-0.2, -0.15) is 0 Å². The van der Waals surface area contributed by atoms with Crippen molar-refractivity contribution in [2.75, 3.05) is 26.2 Å². The zero-order valence-electron chi connectivity index (χ0n) is 17.9. The lowest BCUT2D eigenvalue weighted by atomic mass is 10.0. The highest BCUT2D eigenvalue weighted by Crippen LogP contribution is 2.31. The van der Waals surface area contributed by atoms with E-state index in [2.05, 4.69) is 0 Å². The lowest BCUT2D eigenvalue weighted by molar-refractivity contribution is -0.150. The third kappa shape index (κ3) is 6.89. The van der Waals surface area contributed by atoms with Crippen molar-refractivity contribution in [2.45, 2.75) is 18.4 Å². The molecule has 2 unspecified atom stereocenters. The number of carbonyl (C=O) groups is 3. The van der Waals surface area contributed by atoms with Gasteiger partial charge in [-0.1, -0.05) is 36.4 Å². The van der Waals surface area contributed by atoms with Crippen LogP contribution in [0.2, 0.25) is 0 Å². The Labute approximate surface area is 194 Å². The first-order valence-corrected chi connectivity index (χ1v) is 10.1. The SMILES string of the molecule is O=C(O)CN(CCN(CC(O)O)C(C(=O)O)c1ccccc1O)C(C(=O)O)c1ccccc1O. The Morgan fingerprint density at radius 2 is 1.12 bits per heavy atom. The third-order valence-electron chi connectivity index (χ3n) is 5.07. The van der Waals surface area contributed by atoms with Gasteiger partial charge in [0.2, 0.25) is 0 Å². The average molecular weight is 478 g/mol. The summed E-state index contributed by atoms with van der Waals surface area (Å²) < 4.78 is 0. The van der Waals surface area contributed by atoms with Crippen LogP contribution in [0.5, 0.6) is 11.5 Å². The summed E-state index contributed by atoms with van der Waals surface area (Å²) in [5.41, 5.74) is -0.114. The van der Waals surface area contributed by atoms with Crippen LogP contribution in [0.25, 0.3) is 0 Å². The Bertz CT molecular complexity index is 1010. The van der Waals surface area contributed by atoms with E-state index in [0.29, 0.717) is 0 Å². The Balaban J connectivity index is 2.42. The number of phenolic OH excluding ortho intramolecular Hbond substituents is 2. The summed E-state index contributed by atoms with van der Waals surface area (Å²) in [6.07, 6.45) is -1.98. The molecule has 0 aliphatic carbocycles. The summed E-state index contributed by atoms with van der Waals surface area (Å²) in [5.74, 6) is -4.97. The van der Waals surface area contributed by atoms with Gasteiger partial charge in [0.25, 0.3) is 0 Å². The number of nitrogens with zero attached hydrogens (tertiary/aromatic N) is 2. The fourth-order valence-corrected chi connectivity index (χ4v) is 3.67. The molecule has 184 valence electrons. The zero-order chi connectivity index (χ0) is 25.4. The molecule has 0 bridgehead atoms. The number of aliphatic hydroxyl groups excluding tert-OH is 1. The number of aliphatic carboxylic acids is 3. The molecule has 2 aromatic carbocycles. The molecule has 12 heteroatoms. The molecule has 0 aliphatic rings. The van der Waals surface area contributed by atoms with Crippen LogP contribution in [0.4, 0.5) is 0 Å². The van der Waals surface area contributed by atoms with Gasteiger partial charge in [0, 0.05) is 24.2 Å². The summed E-state index contributed by atoms with van der Waals surface area (Å²) in [7, 11) is 0. The summed E-state index contributed by atoms with van der Waals surface area (Å²) in [4.78, 5) is 37.6. The van der Waals surface area contributed by atoms with Crippen molar-refractivity contribution in [3.8, 4) is 11.5 Å². The van der Waals surface area contributed by atoms with E-state index in [0.717, 1.165) is 9.80 Å². The molecule has 0 aliphatic heterocycles. The maximum absolute atomic E-state index is 12.1. The largest absolute Gasteiger partial charge is 0.508 e. The number of aromatic hydroxyl groups is 2. The fraction of sp³-hybridized carbons (Fsp3) is 0.318. The zero-order valence-corrected chi connectivity index (χ0v) is 17.9. The number of hydrogen-bond acceptors (Lipinski definition) is 9. The van der Waals surface area contributed by atoms with Gasteiger partial charge in [-0.25, -0.2) is 0 Å². The van der Waals surface area contributed by atoms with Crippen LogP contribution in [0.1, 0.15) is 23.2 Å². The van der Waals surface area contributed by atoms with Gasteiger partial charge in [0.05, 0.1) is 13.1 Å². The summed E-state index contributed by atoms with van der Waals surface area (Å²) >= 11 is 0. The highest BCUT2D eigenvalue weighted by atomic mass is 16.5. The van der Waals surface area contributed by atoms with E-state index in [4.69, 9.17) is 0 Å². The Kier molecular flexibility index (Phi) is 9.33. The molecule has 0 saturated heterocycles. The van der Waals surface area contributed by atoms with Crippen molar-refractivity contribution in [1.29, 1.82) is 0 Å². The highest BCUT2D eigenvalue weighted by molar-refractivity contribution is 5.78. The van der Waals surface area contributed by atoms with Crippen LogP contribution in [-0.2, 0) is 14.4 Å². The summed E-state index contributed by atoms with van der Waals surface area (Å²) in [5, 5.41) is 68.2. The molecule has 2 rings (SSSR count). The lowest BCUT2D eigenvalue weighted by Gasteiger charge is -2.34. The molecule has 0 saturated carbocycles. The minimum Gasteiger partial charge on any atom is -0.508 e. The minimum absolute atomic E-state index is 0.0454. The second-order valence-corrected chi connectivity index (χ2v) is 7.44. The van der Waals surface area contributed by atoms with Crippen molar-refractivity contribution in [3.05, 3.63) is 59.7 Å². The smallest absolute Gasteiger partial charge is 0.325 e. The molecule has 2 atom stereocenters. The molecule has 0 heterocycles. The van der Waals surface area contributed by atoms with Crippen molar-refractivity contribution in [3.63, 3.8) is 0 Å². The third-order valence-corrected chi connectivity index (χ3v) is 5.07. The van der Waals surface area contributed by atoms with Crippen molar-refractivity contribution in [2.24, 2.45) is 0 Å². The number of hydrogen-bond donors (Lipinski definition) is 7. The number of benzene rings is 2. The fourth-order valence-electron chi connectivity index (χ4n) is 3.67. The first-order valence-electron chi connectivity index (χ1n) is 10.1. The maximum Gasteiger partial charge on any atom is 0.325 e. The molecule has 2 aromatic rings. The van der Waals surface area contributed by atoms with Gasteiger partial charge < -0.3 is 35.7 Å². The molecule has 0 aromatic heterocycles. The number of carboxylic acid groups (broad SMARTS) is 3. The number of para-hydroxylation sites is 2. The van der Waals surface area contributed by atoms with E-state index in [9.17, 15) is 50.1 Å². The van der Waals surface area contributed by atoms with E-state index in [1.165, 1.54) is 48.5 Å². The van der Waals surface area contributed by atoms with Crippen LogP contribution in [-0.4, -0.2) is 95.9 Å². The van der Waals surface area contributed by atoms with Gasteiger partial charge in [-0.3, -0.25) is 24.2 Å². The van der Waals surface area contributed by atoms with Crippen molar-refractivity contribution >= 4 is 17.9 Å². The summed E-state index contributed by atoms with van der Waals surface area (Å²) in [6, 6.07) is 7.91. The topological polar surface area (TPSA) is 199 Å². The van der Waals surface area contributed by atoms with Gasteiger partial charge in [0.1, 0.15) is 23.6 Å². The van der Waals surface area contributed by atoms with Gasteiger partial charge in [-0.15, -0.1) is 0 Å².